The molecule has 4 aromatic rings. The van der Waals surface area contributed by atoms with Crippen molar-refractivity contribution in [2.24, 2.45) is 5.92 Å². The molecule has 7 heteroatoms. The summed E-state index contributed by atoms with van der Waals surface area (Å²) in [6.45, 7) is 3.34. The van der Waals surface area contributed by atoms with E-state index in [1.165, 1.54) is 4.80 Å². The van der Waals surface area contributed by atoms with Crippen molar-refractivity contribution in [1.29, 1.82) is 0 Å². The molecule has 0 spiro atoms. The number of pyridine rings is 1. The van der Waals surface area contributed by atoms with Gasteiger partial charge in [0.1, 0.15) is 5.75 Å². The molecule has 0 saturated carbocycles. The fourth-order valence-electron chi connectivity index (χ4n) is 4.28. The molecule has 1 saturated heterocycles. The van der Waals surface area contributed by atoms with Gasteiger partial charge in [0, 0.05) is 36.2 Å². The van der Waals surface area contributed by atoms with Crippen molar-refractivity contribution >= 4 is 16.8 Å². The first-order valence-electron chi connectivity index (χ1n) is 10.9. The molecule has 1 aliphatic heterocycles. The first-order valence-corrected chi connectivity index (χ1v) is 10.9. The number of piperidine rings is 1. The molecule has 0 N–H and O–H groups in total. The second-order valence-corrected chi connectivity index (χ2v) is 8.25. The summed E-state index contributed by atoms with van der Waals surface area (Å²) in [4.78, 5) is 21.4. The second kappa shape index (κ2) is 8.78. The largest absolute Gasteiger partial charge is 0.493 e. The van der Waals surface area contributed by atoms with Gasteiger partial charge < -0.3 is 9.64 Å². The molecule has 2 atom stereocenters. The fraction of sp³-hybridized carbons (Fsp3) is 0.280. The predicted molar refractivity (Wildman–Crippen MR) is 122 cm³/mol. The van der Waals surface area contributed by atoms with Crippen LogP contribution in [0.5, 0.6) is 5.75 Å². The van der Waals surface area contributed by atoms with E-state index in [2.05, 4.69) is 22.1 Å². The zero-order valence-corrected chi connectivity index (χ0v) is 18.0. The molecule has 162 valence electrons. The summed E-state index contributed by atoms with van der Waals surface area (Å²) >= 11 is 0. The molecule has 32 heavy (non-hydrogen) atoms. The minimum Gasteiger partial charge on any atom is -0.493 e. The van der Waals surface area contributed by atoms with Crippen molar-refractivity contribution in [2.75, 3.05) is 13.2 Å². The van der Waals surface area contributed by atoms with Crippen LogP contribution in [0.2, 0.25) is 0 Å². The lowest BCUT2D eigenvalue weighted by Crippen LogP contribution is -2.47. The Bertz CT molecular complexity index is 1220. The molecular formula is C25H25N5O2. The SMILES string of the molecule is C[C@@H]1CC[C@@H](COc2ccc3cccnc3c2)CN1C(=O)c1ccccc1-n1nccn1. The number of amides is 1. The quantitative estimate of drug-likeness (QED) is 0.479. The highest BCUT2D eigenvalue weighted by Crippen LogP contribution is 2.27. The van der Waals surface area contributed by atoms with Crippen LogP contribution in [0.15, 0.2) is 73.2 Å². The van der Waals surface area contributed by atoms with E-state index in [-0.39, 0.29) is 17.9 Å². The van der Waals surface area contributed by atoms with Gasteiger partial charge in [-0.05, 0) is 50.1 Å². The minimum atomic E-state index is 0.00463. The number of aromatic nitrogens is 4. The number of carbonyl (C=O) groups excluding carboxylic acids is 1. The first kappa shape index (κ1) is 20.2. The average molecular weight is 428 g/mol. The van der Waals surface area contributed by atoms with Gasteiger partial charge >= 0.3 is 0 Å². The summed E-state index contributed by atoms with van der Waals surface area (Å²) in [5.41, 5.74) is 2.22. The van der Waals surface area contributed by atoms with Crippen LogP contribution in [0, 0.1) is 5.92 Å². The lowest BCUT2D eigenvalue weighted by atomic mass is 9.93. The third-order valence-corrected chi connectivity index (χ3v) is 6.07. The van der Waals surface area contributed by atoms with Gasteiger partial charge in [-0.25, -0.2) is 0 Å². The summed E-state index contributed by atoms with van der Waals surface area (Å²) < 4.78 is 6.10. The van der Waals surface area contributed by atoms with E-state index >= 15 is 0 Å². The van der Waals surface area contributed by atoms with Crippen molar-refractivity contribution in [3.8, 4) is 11.4 Å². The fourth-order valence-corrected chi connectivity index (χ4v) is 4.28. The number of ether oxygens (including phenoxy) is 1. The van der Waals surface area contributed by atoms with Crippen LogP contribution < -0.4 is 4.74 Å². The molecule has 0 unspecified atom stereocenters. The Morgan fingerprint density at radius 3 is 2.75 bits per heavy atom. The van der Waals surface area contributed by atoms with Crippen LogP contribution in [0.3, 0.4) is 0 Å². The first-order chi connectivity index (χ1) is 15.7. The zero-order chi connectivity index (χ0) is 21.9. The van der Waals surface area contributed by atoms with Crippen molar-refractivity contribution in [3.05, 3.63) is 78.8 Å². The van der Waals surface area contributed by atoms with Crippen LogP contribution in [-0.2, 0) is 0 Å². The minimum absolute atomic E-state index is 0.00463. The van der Waals surface area contributed by atoms with E-state index in [0.717, 1.165) is 29.5 Å². The molecule has 1 aliphatic rings. The van der Waals surface area contributed by atoms with E-state index in [1.54, 1.807) is 18.6 Å². The highest BCUT2D eigenvalue weighted by atomic mass is 16.5. The van der Waals surface area contributed by atoms with Crippen LogP contribution >= 0.6 is 0 Å². The Balaban J connectivity index is 1.30. The molecule has 0 aliphatic carbocycles. The summed E-state index contributed by atoms with van der Waals surface area (Å²) in [5, 5.41) is 9.50. The number of benzene rings is 2. The van der Waals surface area contributed by atoms with E-state index in [4.69, 9.17) is 4.74 Å². The number of fused-ring (bicyclic) bond motifs is 1. The maximum Gasteiger partial charge on any atom is 0.256 e. The number of rotatable bonds is 5. The zero-order valence-electron chi connectivity index (χ0n) is 18.0. The van der Waals surface area contributed by atoms with Gasteiger partial charge in [-0.3, -0.25) is 9.78 Å². The third-order valence-electron chi connectivity index (χ3n) is 6.07. The molecule has 2 aromatic carbocycles. The van der Waals surface area contributed by atoms with E-state index in [9.17, 15) is 4.79 Å². The van der Waals surface area contributed by atoms with Gasteiger partial charge in [-0.2, -0.15) is 15.0 Å². The summed E-state index contributed by atoms with van der Waals surface area (Å²) in [6, 6.07) is 17.6. The normalized spacial score (nSPS) is 18.6. The van der Waals surface area contributed by atoms with Crippen LogP contribution in [-0.4, -0.2) is 50.0 Å². The predicted octanol–water partition coefficient (Wildman–Crippen LogP) is 4.14. The van der Waals surface area contributed by atoms with Crippen LogP contribution in [0.4, 0.5) is 0 Å². The van der Waals surface area contributed by atoms with Gasteiger partial charge in [0.05, 0.1) is 35.8 Å². The molecule has 1 fully saturated rings. The molecule has 0 radical (unpaired) electrons. The highest BCUT2D eigenvalue weighted by molar-refractivity contribution is 5.98. The van der Waals surface area contributed by atoms with Crippen molar-refractivity contribution in [1.82, 2.24) is 24.9 Å². The van der Waals surface area contributed by atoms with Crippen molar-refractivity contribution < 1.29 is 9.53 Å². The topological polar surface area (TPSA) is 73.1 Å². The summed E-state index contributed by atoms with van der Waals surface area (Å²) in [5.74, 6) is 1.08. The van der Waals surface area contributed by atoms with E-state index in [1.807, 2.05) is 59.5 Å². The smallest absolute Gasteiger partial charge is 0.256 e. The lowest BCUT2D eigenvalue weighted by molar-refractivity contribution is 0.0505. The van der Waals surface area contributed by atoms with Crippen LogP contribution in [0.1, 0.15) is 30.1 Å². The number of carbonyl (C=O) groups is 1. The van der Waals surface area contributed by atoms with Gasteiger partial charge in [-0.15, -0.1) is 0 Å². The molecule has 0 bridgehead atoms. The number of nitrogens with zero attached hydrogens (tertiary/aromatic N) is 5. The monoisotopic (exact) mass is 427 g/mol. The Kier molecular flexibility index (Phi) is 5.54. The molecule has 7 nitrogen and oxygen atoms in total. The molecule has 5 rings (SSSR count). The molecule has 1 amide bonds. The molecule has 3 heterocycles. The molecule has 2 aromatic heterocycles. The lowest BCUT2D eigenvalue weighted by Gasteiger charge is -2.38. The standard InChI is InChI=1S/C25H25N5O2/c1-18-8-9-19(17-32-21-11-10-20-5-4-12-26-23(20)15-21)16-29(18)25(31)22-6-2-3-7-24(22)30-27-13-14-28-30/h2-7,10-15,18-19H,8-9,16-17H2,1H3/t18-,19-/m1/s1. The van der Waals surface area contributed by atoms with Crippen molar-refractivity contribution in [2.45, 2.75) is 25.8 Å². The summed E-state index contributed by atoms with van der Waals surface area (Å²) in [6.07, 6.45) is 6.98. The average Bonchev–Trinajstić information content (AvgIpc) is 3.38. The number of hydrogen-bond acceptors (Lipinski definition) is 5. The summed E-state index contributed by atoms with van der Waals surface area (Å²) in [7, 11) is 0. The van der Waals surface area contributed by atoms with Crippen molar-refractivity contribution in [3.63, 3.8) is 0 Å². The van der Waals surface area contributed by atoms with Gasteiger partial charge in [-0.1, -0.05) is 18.2 Å². The Morgan fingerprint density at radius 1 is 1.03 bits per heavy atom. The second-order valence-electron chi connectivity index (χ2n) is 8.25. The van der Waals surface area contributed by atoms with Crippen LogP contribution in [0.25, 0.3) is 16.6 Å². The Labute approximate surface area is 186 Å². The van der Waals surface area contributed by atoms with Gasteiger partial charge in [0.2, 0.25) is 0 Å². The maximum atomic E-state index is 13.5. The number of hydrogen-bond donors (Lipinski definition) is 0. The van der Waals surface area contributed by atoms with E-state index < -0.39 is 0 Å². The number of likely N-dealkylation sites (tertiary alicyclic amines) is 1. The Hall–Kier alpha value is -3.74. The van der Waals surface area contributed by atoms with Gasteiger partial charge in [0.25, 0.3) is 5.91 Å². The highest BCUT2D eigenvalue weighted by Gasteiger charge is 2.31. The van der Waals surface area contributed by atoms with Gasteiger partial charge in [0.15, 0.2) is 0 Å². The maximum absolute atomic E-state index is 13.5. The number of para-hydroxylation sites is 1. The van der Waals surface area contributed by atoms with E-state index in [0.29, 0.717) is 24.4 Å². The molecular weight excluding hydrogens is 402 g/mol. The Morgan fingerprint density at radius 2 is 1.88 bits per heavy atom. The third kappa shape index (κ3) is 4.06.